The summed E-state index contributed by atoms with van der Waals surface area (Å²) in [7, 11) is -4.27. The van der Waals surface area contributed by atoms with E-state index < -0.39 is 10.3 Å². The van der Waals surface area contributed by atoms with Crippen molar-refractivity contribution in [3.63, 3.8) is 0 Å². The fraction of sp³-hybridized carbons (Fsp3) is 0.143. The van der Waals surface area contributed by atoms with Crippen molar-refractivity contribution in [3.8, 4) is 11.5 Å². The lowest BCUT2D eigenvalue weighted by molar-refractivity contribution is 0.174. The second kappa shape index (κ2) is 3.57. The molecule has 0 saturated heterocycles. The van der Waals surface area contributed by atoms with Crippen LogP contribution in [0, 0.1) is 0 Å². The fourth-order valence-corrected chi connectivity index (χ4v) is 1.34. The Morgan fingerprint density at radius 1 is 1.27 bits per heavy atom. The van der Waals surface area contributed by atoms with Crippen molar-refractivity contribution in [2.75, 3.05) is 12.2 Å². The molecule has 0 unspecified atom stereocenters. The first-order valence-corrected chi connectivity index (χ1v) is 5.38. The molecule has 7 nitrogen and oxygen atoms in total. The van der Waals surface area contributed by atoms with Crippen LogP contribution in [0.25, 0.3) is 0 Å². The zero-order chi connectivity index (χ0) is 10.9. The predicted octanol–water partition coefficient (Wildman–Crippen LogP) is 0.135. The molecule has 0 saturated carbocycles. The number of nitrogens with one attached hydrogen (secondary N) is 2. The van der Waals surface area contributed by atoms with E-state index in [4.69, 9.17) is 14.0 Å². The molecule has 82 valence electrons. The SMILES string of the molecule is O=S(=O)(O)NNc1ccc2c(c1)OCO2. The Bertz CT molecular complexity index is 472. The van der Waals surface area contributed by atoms with E-state index in [1.54, 1.807) is 23.0 Å². The van der Waals surface area contributed by atoms with E-state index in [0.717, 1.165) is 0 Å². The van der Waals surface area contributed by atoms with Crippen LogP contribution in [-0.4, -0.2) is 19.8 Å². The van der Waals surface area contributed by atoms with Gasteiger partial charge in [0, 0.05) is 6.07 Å². The van der Waals surface area contributed by atoms with Crippen LogP contribution < -0.4 is 19.7 Å². The molecular weight excluding hydrogens is 224 g/mol. The van der Waals surface area contributed by atoms with Crippen molar-refractivity contribution < 1.29 is 22.4 Å². The number of ether oxygens (including phenoxy) is 2. The maximum atomic E-state index is 10.4. The number of hydrazine groups is 1. The summed E-state index contributed by atoms with van der Waals surface area (Å²) in [5, 5.41) is 0. The summed E-state index contributed by atoms with van der Waals surface area (Å²) in [5.41, 5.74) is 2.72. The molecule has 0 spiro atoms. The molecule has 1 aromatic rings. The molecule has 8 heteroatoms. The van der Waals surface area contributed by atoms with Crippen molar-refractivity contribution in [2.45, 2.75) is 0 Å². The Morgan fingerprint density at radius 3 is 2.73 bits per heavy atom. The molecule has 3 N–H and O–H groups in total. The molecule has 15 heavy (non-hydrogen) atoms. The van der Waals surface area contributed by atoms with Crippen LogP contribution in [0.3, 0.4) is 0 Å². The van der Waals surface area contributed by atoms with Gasteiger partial charge in [-0.05, 0) is 12.1 Å². The first-order valence-electron chi connectivity index (χ1n) is 3.94. The molecular formula is C7H8N2O5S. The van der Waals surface area contributed by atoms with Gasteiger partial charge in [0.25, 0.3) is 0 Å². The third-order valence-electron chi connectivity index (χ3n) is 1.70. The minimum absolute atomic E-state index is 0.143. The number of rotatable bonds is 3. The van der Waals surface area contributed by atoms with Crippen molar-refractivity contribution in [3.05, 3.63) is 18.2 Å². The molecule has 1 heterocycles. The lowest BCUT2D eigenvalue weighted by atomic mass is 10.3. The molecule has 1 aromatic carbocycles. The number of hydrogen-bond donors (Lipinski definition) is 3. The zero-order valence-electron chi connectivity index (χ0n) is 7.43. The highest BCUT2D eigenvalue weighted by Crippen LogP contribution is 2.33. The van der Waals surface area contributed by atoms with E-state index in [1.165, 1.54) is 0 Å². The van der Waals surface area contributed by atoms with Gasteiger partial charge in [-0.2, -0.15) is 8.42 Å². The molecule has 1 aliphatic heterocycles. The molecule has 1 aliphatic rings. The van der Waals surface area contributed by atoms with Gasteiger partial charge in [-0.1, -0.05) is 0 Å². The topological polar surface area (TPSA) is 96.9 Å². The molecule has 0 amide bonds. The van der Waals surface area contributed by atoms with Gasteiger partial charge in [-0.15, -0.1) is 4.83 Å². The lowest BCUT2D eigenvalue weighted by Gasteiger charge is -2.05. The quantitative estimate of drug-likeness (QED) is 0.506. The Morgan fingerprint density at radius 2 is 2.00 bits per heavy atom. The largest absolute Gasteiger partial charge is 0.454 e. The van der Waals surface area contributed by atoms with E-state index in [-0.39, 0.29) is 6.79 Å². The van der Waals surface area contributed by atoms with Crippen LogP contribution in [0.15, 0.2) is 18.2 Å². The first-order chi connectivity index (χ1) is 7.04. The van der Waals surface area contributed by atoms with Crippen LogP contribution >= 0.6 is 0 Å². The third kappa shape index (κ3) is 2.49. The van der Waals surface area contributed by atoms with Gasteiger partial charge in [0.15, 0.2) is 11.5 Å². The summed E-state index contributed by atoms with van der Waals surface area (Å²) < 4.78 is 39.3. The number of fused-ring (bicyclic) bond motifs is 1. The Balaban J connectivity index is 2.10. The number of anilines is 1. The molecule has 0 bridgehead atoms. The first kappa shape index (κ1) is 10.0. The van der Waals surface area contributed by atoms with E-state index in [9.17, 15) is 8.42 Å². The molecule has 0 aromatic heterocycles. The summed E-state index contributed by atoms with van der Waals surface area (Å²) in [6.07, 6.45) is 0. The summed E-state index contributed by atoms with van der Waals surface area (Å²) in [4.78, 5) is 1.71. The second-order valence-corrected chi connectivity index (χ2v) is 3.92. The van der Waals surface area contributed by atoms with Gasteiger partial charge in [0.05, 0.1) is 5.69 Å². The molecule has 0 fully saturated rings. The van der Waals surface area contributed by atoms with Crippen LogP contribution in [0.2, 0.25) is 0 Å². The lowest BCUT2D eigenvalue weighted by Crippen LogP contribution is -2.28. The molecule has 0 radical (unpaired) electrons. The van der Waals surface area contributed by atoms with Crippen molar-refractivity contribution in [1.82, 2.24) is 4.83 Å². The van der Waals surface area contributed by atoms with Crippen molar-refractivity contribution in [1.29, 1.82) is 0 Å². The smallest absolute Gasteiger partial charge is 0.350 e. The van der Waals surface area contributed by atoms with E-state index in [1.807, 2.05) is 0 Å². The van der Waals surface area contributed by atoms with Crippen molar-refractivity contribution >= 4 is 16.0 Å². The zero-order valence-corrected chi connectivity index (χ0v) is 8.24. The normalized spacial score (nSPS) is 13.9. The number of benzene rings is 1. The van der Waals surface area contributed by atoms with Gasteiger partial charge >= 0.3 is 10.3 Å². The highest BCUT2D eigenvalue weighted by Gasteiger charge is 2.13. The summed E-state index contributed by atoms with van der Waals surface area (Å²) >= 11 is 0. The third-order valence-corrected chi connectivity index (χ3v) is 2.06. The Hall–Kier alpha value is -1.51. The number of hydrogen-bond acceptors (Lipinski definition) is 5. The van der Waals surface area contributed by atoms with Crippen LogP contribution in [0.4, 0.5) is 5.69 Å². The molecule has 0 atom stereocenters. The predicted molar refractivity (Wildman–Crippen MR) is 50.9 cm³/mol. The fourth-order valence-electron chi connectivity index (χ4n) is 1.10. The van der Waals surface area contributed by atoms with Crippen LogP contribution in [-0.2, 0) is 10.3 Å². The maximum Gasteiger partial charge on any atom is 0.350 e. The standard InChI is InChI=1S/C7H8N2O5S/c10-15(11,12)9-8-5-1-2-6-7(3-5)14-4-13-6/h1-3,8-9H,4H2,(H,10,11,12). The minimum atomic E-state index is -4.27. The Kier molecular flexibility index (Phi) is 2.39. The van der Waals surface area contributed by atoms with Gasteiger partial charge in [0.2, 0.25) is 6.79 Å². The minimum Gasteiger partial charge on any atom is -0.454 e. The average Bonchev–Trinajstić information content (AvgIpc) is 2.60. The summed E-state index contributed by atoms with van der Waals surface area (Å²) in [6.45, 7) is 0.143. The summed E-state index contributed by atoms with van der Waals surface area (Å²) in [6, 6.07) is 4.74. The van der Waals surface area contributed by atoms with E-state index in [0.29, 0.717) is 17.2 Å². The monoisotopic (exact) mass is 232 g/mol. The Labute approximate surface area is 85.9 Å². The maximum absolute atomic E-state index is 10.4. The van der Waals surface area contributed by atoms with E-state index >= 15 is 0 Å². The highest BCUT2D eigenvalue weighted by molar-refractivity contribution is 7.83. The van der Waals surface area contributed by atoms with Gasteiger partial charge < -0.3 is 14.9 Å². The van der Waals surface area contributed by atoms with E-state index in [2.05, 4.69) is 5.43 Å². The van der Waals surface area contributed by atoms with Gasteiger partial charge in [-0.3, -0.25) is 4.55 Å². The van der Waals surface area contributed by atoms with Gasteiger partial charge in [0.1, 0.15) is 0 Å². The van der Waals surface area contributed by atoms with Crippen LogP contribution in [0.1, 0.15) is 0 Å². The molecule has 2 rings (SSSR count). The second-order valence-electron chi connectivity index (χ2n) is 2.77. The van der Waals surface area contributed by atoms with Gasteiger partial charge in [-0.25, -0.2) is 0 Å². The average molecular weight is 232 g/mol. The molecule has 0 aliphatic carbocycles. The van der Waals surface area contributed by atoms with Crippen molar-refractivity contribution in [2.24, 2.45) is 0 Å². The van der Waals surface area contributed by atoms with Crippen LogP contribution in [0.5, 0.6) is 11.5 Å². The highest BCUT2D eigenvalue weighted by atomic mass is 32.2. The summed E-state index contributed by atoms with van der Waals surface area (Å²) in [5.74, 6) is 1.10.